The van der Waals surface area contributed by atoms with Gasteiger partial charge in [-0.3, -0.25) is 4.90 Å². The maximum Gasteiger partial charge on any atom is 0.319 e. The highest BCUT2D eigenvalue weighted by Crippen LogP contribution is 2.52. The van der Waals surface area contributed by atoms with Gasteiger partial charge in [-0.25, -0.2) is 22.0 Å². The van der Waals surface area contributed by atoms with Crippen LogP contribution in [0.5, 0.6) is 11.8 Å². The summed E-state index contributed by atoms with van der Waals surface area (Å²) >= 11 is 7.37. The molecule has 8 nitrogen and oxygen atoms in total. The van der Waals surface area contributed by atoms with Crippen molar-refractivity contribution in [1.82, 2.24) is 14.9 Å². The lowest BCUT2D eigenvalue weighted by Gasteiger charge is -2.35. The van der Waals surface area contributed by atoms with Gasteiger partial charge in [-0.15, -0.1) is 11.3 Å². The van der Waals surface area contributed by atoms with Gasteiger partial charge in [0, 0.05) is 36.9 Å². The second-order valence-electron chi connectivity index (χ2n) is 13.3. The second kappa shape index (κ2) is 11.3. The van der Waals surface area contributed by atoms with Gasteiger partial charge in [0.2, 0.25) is 0 Å². The number of benzene rings is 2. The zero-order chi connectivity index (χ0) is 33.7. The molecule has 15 heteroatoms. The normalized spacial score (nSPS) is 26.9. The first-order chi connectivity index (χ1) is 22.9. The van der Waals surface area contributed by atoms with Crippen LogP contribution in [0.3, 0.4) is 0 Å². The van der Waals surface area contributed by atoms with E-state index in [1.807, 2.05) is 4.90 Å². The molecule has 3 saturated heterocycles. The van der Waals surface area contributed by atoms with Crippen molar-refractivity contribution in [2.45, 2.75) is 68.8 Å². The first-order valence-electron chi connectivity index (χ1n) is 15.7. The molecule has 3 fully saturated rings. The fourth-order valence-corrected chi connectivity index (χ4v) is 9.56. The zero-order valence-corrected chi connectivity index (χ0v) is 27.2. The Morgan fingerprint density at radius 1 is 1.23 bits per heavy atom. The topological polar surface area (TPSA) is 94.7 Å². The summed E-state index contributed by atoms with van der Waals surface area (Å²) in [7, 11) is 0. The summed E-state index contributed by atoms with van der Waals surface area (Å²) in [6.07, 6.45) is -1.42. The van der Waals surface area contributed by atoms with Crippen LogP contribution in [0.15, 0.2) is 12.1 Å². The number of hydrogen-bond donors (Lipinski definition) is 1. The van der Waals surface area contributed by atoms with Gasteiger partial charge < -0.3 is 19.5 Å². The number of alkyl halides is 3. The maximum absolute atomic E-state index is 17.1. The first kappa shape index (κ1) is 31.7. The molecule has 0 saturated carbocycles. The molecule has 8 rings (SSSR count). The summed E-state index contributed by atoms with van der Waals surface area (Å²) in [4.78, 5) is 12.5. The Morgan fingerprint density at radius 2 is 2.04 bits per heavy atom. The number of aromatic nitrogens is 2. The standard InChI is InChI=1S/C33H29ClF5N5O3S/c1-32(45)7-9-44-19(32)5-10-46-26-22-25(41-31(42-30(22)44)47-14-33-6-2-8-43(33)13-15(35)11-33)24(37)21(23(26)34)16-3-4-18(36)28-20(16)17(12-40)27(48-28)29(38)39/h3-4,15,19,29,45H,2,5-11,13-14H2,1H3/t15-,19?,32?,33+/m1/s1. The van der Waals surface area contributed by atoms with Crippen LogP contribution in [0.2, 0.25) is 5.02 Å². The maximum atomic E-state index is 17.1. The molecule has 48 heavy (non-hydrogen) atoms. The van der Waals surface area contributed by atoms with E-state index >= 15 is 8.78 Å². The van der Waals surface area contributed by atoms with Crippen molar-refractivity contribution in [3.05, 3.63) is 39.2 Å². The van der Waals surface area contributed by atoms with Crippen LogP contribution >= 0.6 is 22.9 Å². The van der Waals surface area contributed by atoms with Crippen molar-refractivity contribution in [3.8, 4) is 29.0 Å². The van der Waals surface area contributed by atoms with E-state index in [2.05, 4.69) is 9.88 Å². The van der Waals surface area contributed by atoms with Crippen LogP contribution in [0.1, 0.15) is 55.9 Å². The van der Waals surface area contributed by atoms with E-state index in [4.69, 9.17) is 26.1 Å². The number of anilines is 1. The Hall–Kier alpha value is -3.51. The van der Waals surface area contributed by atoms with Crippen LogP contribution in [-0.2, 0) is 0 Å². The summed E-state index contributed by atoms with van der Waals surface area (Å²) in [5.41, 5.74) is -2.78. The second-order valence-corrected chi connectivity index (χ2v) is 14.7. The van der Waals surface area contributed by atoms with Crippen molar-refractivity contribution in [2.75, 3.05) is 37.7 Å². The van der Waals surface area contributed by atoms with E-state index in [0.29, 0.717) is 43.7 Å². The van der Waals surface area contributed by atoms with E-state index in [1.165, 1.54) is 6.07 Å². The molecule has 2 aromatic heterocycles. The van der Waals surface area contributed by atoms with Crippen LogP contribution in [0.25, 0.3) is 32.1 Å². The van der Waals surface area contributed by atoms with Crippen LogP contribution in [-0.4, -0.2) is 76.2 Å². The van der Waals surface area contributed by atoms with Gasteiger partial charge in [0.05, 0.1) is 49.3 Å². The van der Waals surface area contributed by atoms with Crippen molar-refractivity contribution < 1.29 is 36.5 Å². The average molecular weight is 706 g/mol. The molecule has 4 aromatic rings. The Kier molecular flexibility index (Phi) is 7.45. The number of nitriles is 1. The van der Waals surface area contributed by atoms with Crippen molar-refractivity contribution in [2.24, 2.45) is 0 Å². The zero-order valence-electron chi connectivity index (χ0n) is 25.6. The molecule has 4 aliphatic rings. The number of aliphatic hydroxyl groups is 1. The molecule has 6 heterocycles. The molecular formula is C33H29ClF5N5O3S. The summed E-state index contributed by atoms with van der Waals surface area (Å²) in [6, 6.07) is 3.33. The van der Waals surface area contributed by atoms with E-state index in [-0.39, 0.29) is 67.9 Å². The fraction of sp³-hybridized carbons (Fsp3) is 0.485. The van der Waals surface area contributed by atoms with Gasteiger partial charge in [0.1, 0.15) is 36.0 Å². The number of hydrogen-bond acceptors (Lipinski definition) is 9. The number of thiophene rings is 1. The number of fused-ring (bicyclic) bond motifs is 4. The predicted molar refractivity (Wildman–Crippen MR) is 170 cm³/mol. The van der Waals surface area contributed by atoms with Gasteiger partial charge in [-0.1, -0.05) is 17.7 Å². The fourth-order valence-electron chi connectivity index (χ4n) is 8.19. The van der Waals surface area contributed by atoms with Crippen molar-refractivity contribution in [3.63, 3.8) is 0 Å². The van der Waals surface area contributed by atoms with Crippen molar-refractivity contribution in [1.29, 1.82) is 5.26 Å². The van der Waals surface area contributed by atoms with Gasteiger partial charge in [0.15, 0.2) is 11.6 Å². The molecule has 0 amide bonds. The predicted octanol–water partition coefficient (Wildman–Crippen LogP) is 7.32. The SMILES string of the molecule is CC1(O)CCN2c3nc(OC[C@@]45CCCN4C[C@H](F)C5)nc4c(F)c(-c5ccc(F)c6sc(C(F)F)c(C#N)c56)c(Cl)c(c34)OCCC21. The smallest absolute Gasteiger partial charge is 0.319 e. The largest absolute Gasteiger partial charge is 0.491 e. The van der Waals surface area contributed by atoms with Crippen molar-refractivity contribution >= 4 is 49.7 Å². The van der Waals surface area contributed by atoms with Gasteiger partial charge in [-0.2, -0.15) is 15.2 Å². The van der Waals surface area contributed by atoms with E-state index in [1.54, 1.807) is 13.0 Å². The lowest BCUT2D eigenvalue weighted by atomic mass is 9.93. The molecule has 252 valence electrons. The van der Waals surface area contributed by atoms with E-state index < -0.39 is 51.9 Å². The molecule has 0 spiro atoms. The molecule has 1 N–H and O–H groups in total. The highest BCUT2D eigenvalue weighted by molar-refractivity contribution is 7.19. The summed E-state index contributed by atoms with van der Waals surface area (Å²) in [5, 5.41) is 20.8. The molecule has 0 radical (unpaired) electrons. The molecule has 0 aliphatic carbocycles. The third-order valence-electron chi connectivity index (χ3n) is 10.4. The molecule has 0 bridgehead atoms. The first-order valence-corrected chi connectivity index (χ1v) is 16.9. The lowest BCUT2D eigenvalue weighted by Crippen LogP contribution is -2.45. The van der Waals surface area contributed by atoms with Crippen LogP contribution < -0.4 is 14.4 Å². The summed E-state index contributed by atoms with van der Waals surface area (Å²) in [6.45, 7) is 3.28. The number of rotatable bonds is 5. The number of halogens is 6. The Labute approximate surface area is 280 Å². The monoisotopic (exact) mass is 705 g/mol. The minimum absolute atomic E-state index is 0.0199. The van der Waals surface area contributed by atoms with E-state index in [0.717, 1.165) is 25.5 Å². The van der Waals surface area contributed by atoms with Gasteiger partial charge >= 0.3 is 6.01 Å². The van der Waals surface area contributed by atoms with Crippen LogP contribution in [0, 0.1) is 23.0 Å². The Balaban J connectivity index is 1.37. The summed E-state index contributed by atoms with van der Waals surface area (Å²) < 4.78 is 86.7. The lowest BCUT2D eigenvalue weighted by molar-refractivity contribution is 0.0438. The molecule has 2 unspecified atom stereocenters. The minimum atomic E-state index is -3.07. The number of ether oxygens (including phenoxy) is 2. The molecular weight excluding hydrogens is 677 g/mol. The highest BCUT2D eigenvalue weighted by atomic mass is 35.5. The number of nitrogens with zero attached hydrogens (tertiary/aromatic N) is 5. The molecule has 4 aliphatic heterocycles. The third-order valence-corrected chi connectivity index (χ3v) is 12.0. The average Bonchev–Trinajstić information content (AvgIpc) is 3.77. The quantitative estimate of drug-likeness (QED) is 0.216. The van der Waals surface area contributed by atoms with E-state index in [9.17, 15) is 23.5 Å². The Bertz CT molecular complexity index is 2040. The van der Waals surface area contributed by atoms with Crippen LogP contribution in [0.4, 0.5) is 27.8 Å². The minimum Gasteiger partial charge on any atom is -0.491 e. The van der Waals surface area contributed by atoms with Gasteiger partial charge in [0.25, 0.3) is 6.43 Å². The third kappa shape index (κ3) is 4.64. The molecule has 2 aromatic carbocycles. The Morgan fingerprint density at radius 3 is 2.81 bits per heavy atom. The van der Waals surface area contributed by atoms with Gasteiger partial charge in [-0.05, 0) is 44.4 Å². The highest BCUT2D eigenvalue weighted by Gasteiger charge is 2.50. The molecule has 4 atom stereocenters. The summed E-state index contributed by atoms with van der Waals surface area (Å²) in [5.74, 6) is -1.58.